The van der Waals surface area contributed by atoms with Gasteiger partial charge in [-0.3, -0.25) is 4.72 Å². The van der Waals surface area contributed by atoms with Gasteiger partial charge in [0, 0.05) is 18.8 Å². The average Bonchev–Trinajstić information content (AvgIpc) is 2.64. The van der Waals surface area contributed by atoms with Crippen molar-refractivity contribution in [1.29, 1.82) is 0 Å². The van der Waals surface area contributed by atoms with E-state index in [-0.39, 0.29) is 16.1 Å². The Morgan fingerprint density at radius 2 is 1.81 bits per heavy atom. The summed E-state index contributed by atoms with van der Waals surface area (Å²) in [6, 6.07) is 9.76. The zero-order valence-corrected chi connectivity index (χ0v) is 16.0. The largest absolute Gasteiger partial charge is 0.478 e. The molecule has 27 heavy (non-hydrogen) atoms. The molecule has 1 aliphatic heterocycles. The SMILES string of the molecule is Cc1ccc(C)c(S(=O)(=O)Nc2ccc(N3CCOCC3)c(C(=O)O)c2)c1. The smallest absolute Gasteiger partial charge is 0.337 e. The minimum absolute atomic E-state index is 0.0538. The number of aryl methyl sites for hydroxylation is 2. The van der Waals surface area contributed by atoms with E-state index in [0.29, 0.717) is 37.6 Å². The second-order valence-corrected chi connectivity index (χ2v) is 8.16. The standard InChI is InChI=1S/C19H22N2O5S/c1-13-3-4-14(2)18(11-13)27(24,25)20-15-5-6-17(16(12-15)19(22)23)21-7-9-26-10-8-21/h3-6,11-12,20H,7-10H2,1-2H3,(H,22,23). The predicted molar refractivity (Wildman–Crippen MR) is 103 cm³/mol. The molecule has 1 heterocycles. The molecule has 0 saturated carbocycles. The van der Waals surface area contributed by atoms with E-state index in [1.54, 1.807) is 31.2 Å². The van der Waals surface area contributed by atoms with E-state index in [9.17, 15) is 18.3 Å². The van der Waals surface area contributed by atoms with E-state index in [4.69, 9.17) is 4.74 Å². The first kappa shape index (κ1) is 19.2. The lowest BCUT2D eigenvalue weighted by molar-refractivity contribution is 0.0696. The van der Waals surface area contributed by atoms with Crippen LogP contribution in [0.3, 0.4) is 0 Å². The van der Waals surface area contributed by atoms with Crippen molar-refractivity contribution in [2.24, 2.45) is 0 Å². The van der Waals surface area contributed by atoms with Crippen molar-refractivity contribution in [3.8, 4) is 0 Å². The minimum Gasteiger partial charge on any atom is -0.478 e. The zero-order valence-electron chi connectivity index (χ0n) is 15.2. The highest BCUT2D eigenvalue weighted by Gasteiger charge is 2.21. The van der Waals surface area contributed by atoms with Crippen LogP contribution in [0.2, 0.25) is 0 Å². The number of anilines is 2. The second kappa shape index (κ2) is 7.58. The van der Waals surface area contributed by atoms with Crippen LogP contribution in [0.1, 0.15) is 21.5 Å². The van der Waals surface area contributed by atoms with Crippen LogP contribution in [0.4, 0.5) is 11.4 Å². The van der Waals surface area contributed by atoms with Gasteiger partial charge in [0.1, 0.15) is 0 Å². The molecule has 0 aliphatic carbocycles. The summed E-state index contributed by atoms with van der Waals surface area (Å²) in [6.07, 6.45) is 0. The van der Waals surface area contributed by atoms with Crippen molar-refractivity contribution >= 4 is 27.4 Å². The lowest BCUT2D eigenvalue weighted by Gasteiger charge is -2.30. The number of carbonyl (C=O) groups is 1. The van der Waals surface area contributed by atoms with Gasteiger partial charge in [0.2, 0.25) is 0 Å². The van der Waals surface area contributed by atoms with Crippen LogP contribution in [-0.4, -0.2) is 45.8 Å². The Balaban J connectivity index is 1.94. The van der Waals surface area contributed by atoms with Gasteiger partial charge < -0.3 is 14.7 Å². The molecule has 3 rings (SSSR count). The Morgan fingerprint density at radius 3 is 2.48 bits per heavy atom. The lowest BCUT2D eigenvalue weighted by Crippen LogP contribution is -2.37. The molecule has 0 bridgehead atoms. The first-order valence-electron chi connectivity index (χ1n) is 8.58. The van der Waals surface area contributed by atoms with Crippen LogP contribution in [0, 0.1) is 13.8 Å². The van der Waals surface area contributed by atoms with E-state index in [1.165, 1.54) is 6.07 Å². The molecular formula is C19H22N2O5S. The molecule has 1 saturated heterocycles. The van der Waals surface area contributed by atoms with Gasteiger partial charge in [0.05, 0.1) is 29.4 Å². The molecule has 1 fully saturated rings. The number of carboxylic acid groups (broad SMARTS) is 1. The molecule has 0 amide bonds. The van der Waals surface area contributed by atoms with Crippen molar-refractivity contribution in [1.82, 2.24) is 0 Å². The number of sulfonamides is 1. The number of nitrogens with zero attached hydrogens (tertiary/aromatic N) is 1. The van der Waals surface area contributed by atoms with Crippen molar-refractivity contribution in [3.05, 3.63) is 53.1 Å². The highest BCUT2D eigenvalue weighted by molar-refractivity contribution is 7.92. The quantitative estimate of drug-likeness (QED) is 0.815. The maximum Gasteiger partial charge on any atom is 0.337 e. The van der Waals surface area contributed by atoms with Gasteiger partial charge in [-0.05, 0) is 49.2 Å². The van der Waals surface area contributed by atoms with Crippen LogP contribution in [0.15, 0.2) is 41.3 Å². The lowest BCUT2D eigenvalue weighted by atomic mass is 10.1. The number of rotatable bonds is 5. The van der Waals surface area contributed by atoms with Gasteiger partial charge in [-0.1, -0.05) is 12.1 Å². The molecular weight excluding hydrogens is 368 g/mol. The topological polar surface area (TPSA) is 95.9 Å². The normalized spacial score (nSPS) is 14.8. The maximum absolute atomic E-state index is 12.8. The van der Waals surface area contributed by atoms with Crippen LogP contribution in [-0.2, 0) is 14.8 Å². The van der Waals surface area contributed by atoms with Crippen LogP contribution in [0.25, 0.3) is 0 Å². The summed E-state index contributed by atoms with van der Waals surface area (Å²) in [7, 11) is -3.82. The Kier molecular flexibility index (Phi) is 5.38. The minimum atomic E-state index is -3.82. The molecule has 2 aromatic rings. The van der Waals surface area contributed by atoms with Gasteiger partial charge in [-0.2, -0.15) is 0 Å². The number of morpholine rings is 1. The molecule has 2 aromatic carbocycles. The molecule has 2 N–H and O–H groups in total. The molecule has 1 aliphatic rings. The van der Waals surface area contributed by atoms with E-state index in [2.05, 4.69) is 4.72 Å². The number of aromatic carboxylic acids is 1. The molecule has 0 spiro atoms. The monoisotopic (exact) mass is 390 g/mol. The number of benzene rings is 2. The molecule has 8 heteroatoms. The summed E-state index contributed by atoms with van der Waals surface area (Å²) >= 11 is 0. The third kappa shape index (κ3) is 4.23. The summed E-state index contributed by atoms with van der Waals surface area (Å²) in [6.45, 7) is 5.78. The summed E-state index contributed by atoms with van der Waals surface area (Å²) in [5, 5.41) is 9.58. The second-order valence-electron chi connectivity index (χ2n) is 6.51. The van der Waals surface area contributed by atoms with Gasteiger partial charge >= 0.3 is 5.97 Å². The fraction of sp³-hybridized carbons (Fsp3) is 0.316. The Morgan fingerprint density at radius 1 is 1.11 bits per heavy atom. The van der Waals surface area contributed by atoms with Crippen LogP contribution < -0.4 is 9.62 Å². The number of nitrogens with one attached hydrogen (secondary N) is 1. The summed E-state index contributed by atoms with van der Waals surface area (Å²) in [4.78, 5) is 13.8. The third-order valence-corrected chi connectivity index (χ3v) is 5.99. The molecule has 0 aromatic heterocycles. The first-order chi connectivity index (χ1) is 12.8. The molecule has 7 nitrogen and oxygen atoms in total. The molecule has 0 radical (unpaired) electrons. The summed E-state index contributed by atoms with van der Waals surface area (Å²) < 4.78 is 33.3. The zero-order chi connectivity index (χ0) is 19.6. The van der Waals surface area contributed by atoms with Crippen molar-refractivity contribution in [2.75, 3.05) is 35.9 Å². The number of ether oxygens (including phenoxy) is 1. The highest BCUT2D eigenvalue weighted by Crippen LogP contribution is 2.27. The Labute approximate surface area is 158 Å². The molecule has 144 valence electrons. The Bertz CT molecular complexity index is 966. The van der Waals surface area contributed by atoms with Gasteiger partial charge in [0.15, 0.2) is 0 Å². The van der Waals surface area contributed by atoms with E-state index >= 15 is 0 Å². The summed E-state index contributed by atoms with van der Waals surface area (Å²) in [5.74, 6) is -1.11. The highest BCUT2D eigenvalue weighted by atomic mass is 32.2. The average molecular weight is 390 g/mol. The van der Waals surface area contributed by atoms with Crippen molar-refractivity contribution in [2.45, 2.75) is 18.7 Å². The van der Waals surface area contributed by atoms with E-state index in [1.807, 2.05) is 17.9 Å². The molecule has 0 atom stereocenters. The maximum atomic E-state index is 12.8. The number of hydrogen-bond acceptors (Lipinski definition) is 5. The van der Waals surface area contributed by atoms with Crippen LogP contribution >= 0.6 is 0 Å². The Hall–Kier alpha value is -2.58. The van der Waals surface area contributed by atoms with Gasteiger partial charge in [0.25, 0.3) is 10.0 Å². The predicted octanol–water partition coefficient (Wildman–Crippen LogP) is 2.64. The fourth-order valence-corrected chi connectivity index (χ4v) is 4.44. The van der Waals surface area contributed by atoms with E-state index in [0.717, 1.165) is 5.56 Å². The summed E-state index contributed by atoms with van der Waals surface area (Å²) in [5.41, 5.74) is 2.27. The van der Waals surface area contributed by atoms with Crippen LogP contribution in [0.5, 0.6) is 0 Å². The third-order valence-electron chi connectivity index (χ3n) is 4.46. The van der Waals surface area contributed by atoms with E-state index < -0.39 is 16.0 Å². The fourth-order valence-electron chi connectivity index (χ4n) is 3.06. The van der Waals surface area contributed by atoms with Crippen molar-refractivity contribution in [3.63, 3.8) is 0 Å². The number of carboxylic acids is 1. The van der Waals surface area contributed by atoms with Gasteiger partial charge in [-0.25, -0.2) is 13.2 Å². The van der Waals surface area contributed by atoms with Gasteiger partial charge in [-0.15, -0.1) is 0 Å². The molecule has 0 unspecified atom stereocenters. The van der Waals surface area contributed by atoms with Crippen molar-refractivity contribution < 1.29 is 23.1 Å². The first-order valence-corrected chi connectivity index (χ1v) is 10.1. The number of hydrogen-bond donors (Lipinski definition) is 2.